The van der Waals surface area contributed by atoms with Gasteiger partial charge in [-0.25, -0.2) is 8.42 Å². The maximum atomic E-state index is 13.2. The number of rotatable bonds is 6. The van der Waals surface area contributed by atoms with E-state index in [4.69, 9.17) is 0 Å². The zero-order valence-electron chi connectivity index (χ0n) is 17.8. The largest absolute Gasteiger partial charge is 0.341 e. The first kappa shape index (κ1) is 21.1. The van der Waals surface area contributed by atoms with Crippen molar-refractivity contribution in [2.24, 2.45) is 0 Å². The van der Waals surface area contributed by atoms with Crippen molar-refractivity contribution in [1.29, 1.82) is 0 Å². The van der Waals surface area contributed by atoms with Crippen molar-refractivity contribution in [3.05, 3.63) is 70.8 Å². The maximum Gasteiger partial charge on any atom is 0.236 e. The molecular formula is C24H30N2O3S. The van der Waals surface area contributed by atoms with Crippen LogP contribution in [0.4, 0.5) is 0 Å². The standard InChI is InChI=1S/C24H30N2O3S/c1-18-7-9-19(10-8-18)15-26(23-12-11-20-5-3-4-6-22(20)23)16-24(27)25(2)21-13-14-30(28,29)17-21/h3-10,21,23H,11-17H2,1-2H3/t21-,23-/m1/s1. The van der Waals surface area contributed by atoms with Crippen LogP contribution in [0.2, 0.25) is 0 Å². The third-order valence-electron chi connectivity index (χ3n) is 6.54. The summed E-state index contributed by atoms with van der Waals surface area (Å²) in [5.74, 6) is 0.256. The van der Waals surface area contributed by atoms with Gasteiger partial charge in [-0.05, 0) is 42.9 Å². The lowest BCUT2D eigenvalue weighted by atomic mass is 10.1. The predicted octanol–water partition coefficient (Wildman–Crippen LogP) is 3.13. The fourth-order valence-electron chi connectivity index (χ4n) is 4.69. The van der Waals surface area contributed by atoms with Gasteiger partial charge in [-0.3, -0.25) is 9.69 Å². The van der Waals surface area contributed by atoms with Gasteiger partial charge in [-0.1, -0.05) is 54.1 Å². The molecule has 0 saturated carbocycles. The third kappa shape index (κ3) is 4.60. The zero-order chi connectivity index (χ0) is 21.3. The molecule has 0 radical (unpaired) electrons. The molecule has 0 bridgehead atoms. The maximum absolute atomic E-state index is 13.2. The number of amides is 1. The van der Waals surface area contributed by atoms with Crippen molar-refractivity contribution < 1.29 is 13.2 Å². The molecule has 0 aromatic heterocycles. The Balaban J connectivity index is 1.54. The van der Waals surface area contributed by atoms with Gasteiger partial charge in [0.2, 0.25) is 5.91 Å². The number of hydrogen-bond acceptors (Lipinski definition) is 4. The summed E-state index contributed by atoms with van der Waals surface area (Å²) in [6.45, 7) is 3.06. The van der Waals surface area contributed by atoms with E-state index in [-0.39, 0.29) is 29.5 Å². The molecule has 1 saturated heterocycles. The molecule has 2 aromatic carbocycles. The lowest BCUT2D eigenvalue weighted by molar-refractivity contribution is -0.133. The van der Waals surface area contributed by atoms with Crippen molar-refractivity contribution >= 4 is 15.7 Å². The fourth-order valence-corrected chi connectivity index (χ4v) is 6.46. The van der Waals surface area contributed by atoms with E-state index in [0.717, 1.165) is 12.8 Å². The molecule has 160 valence electrons. The Morgan fingerprint density at radius 3 is 2.50 bits per heavy atom. The number of fused-ring (bicyclic) bond motifs is 1. The van der Waals surface area contributed by atoms with E-state index in [9.17, 15) is 13.2 Å². The predicted molar refractivity (Wildman–Crippen MR) is 119 cm³/mol. The summed E-state index contributed by atoms with van der Waals surface area (Å²) in [4.78, 5) is 17.1. The number of aryl methyl sites for hydroxylation is 2. The summed E-state index contributed by atoms with van der Waals surface area (Å²) in [6.07, 6.45) is 2.56. The van der Waals surface area contributed by atoms with E-state index in [2.05, 4.69) is 60.4 Å². The second-order valence-electron chi connectivity index (χ2n) is 8.71. The molecule has 2 aromatic rings. The number of hydrogen-bond donors (Lipinski definition) is 0. The Labute approximate surface area is 179 Å². The minimum Gasteiger partial charge on any atom is -0.341 e. The van der Waals surface area contributed by atoms with E-state index < -0.39 is 9.84 Å². The highest BCUT2D eigenvalue weighted by Gasteiger charge is 2.35. The lowest BCUT2D eigenvalue weighted by Gasteiger charge is -2.32. The highest BCUT2D eigenvalue weighted by molar-refractivity contribution is 7.91. The SMILES string of the molecule is Cc1ccc(CN(CC(=O)N(C)[C@@H]2CCS(=O)(=O)C2)[C@@H]2CCc3ccccc32)cc1. The molecule has 0 N–H and O–H groups in total. The third-order valence-corrected chi connectivity index (χ3v) is 8.29. The molecule has 5 nitrogen and oxygen atoms in total. The average Bonchev–Trinajstić information content (AvgIpc) is 3.31. The van der Waals surface area contributed by atoms with Crippen LogP contribution in [-0.4, -0.2) is 55.3 Å². The summed E-state index contributed by atoms with van der Waals surface area (Å²) < 4.78 is 23.7. The van der Waals surface area contributed by atoms with Crippen LogP contribution in [-0.2, 0) is 27.6 Å². The first-order valence-electron chi connectivity index (χ1n) is 10.7. The number of carbonyl (C=O) groups excluding carboxylic acids is 1. The molecule has 1 amide bonds. The second kappa shape index (κ2) is 8.52. The molecule has 1 fully saturated rings. The topological polar surface area (TPSA) is 57.7 Å². The van der Waals surface area contributed by atoms with Crippen molar-refractivity contribution in [2.45, 2.75) is 44.8 Å². The molecule has 2 aliphatic rings. The van der Waals surface area contributed by atoms with E-state index in [1.54, 1.807) is 11.9 Å². The molecule has 0 unspecified atom stereocenters. The number of benzene rings is 2. The minimum atomic E-state index is -3.02. The van der Waals surface area contributed by atoms with Crippen molar-refractivity contribution in [1.82, 2.24) is 9.80 Å². The van der Waals surface area contributed by atoms with Crippen molar-refractivity contribution in [3.63, 3.8) is 0 Å². The van der Waals surface area contributed by atoms with Crippen LogP contribution < -0.4 is 0 Å². The van der Waals surface area contributed by atoms with Crippen LogP contribution in [0.25, 0.3) is 0 Å². The van der Waals surface area contributed by atoms with Crippen LogP contribution in [0.1, 0.15) is 41.1 Å². The number of sulfone groups is 1. The van der Waals surface area contributed by atoms with Gasteiger partial charge in [-0.15, -0.1) is 0 Å². The van der Waals surface area contributed by atoms with Crippen LogP contribution >= 0.6 is 0 Å². The van der Waals surface area contributed by atoms with Gasteiger partial charge in [0.1, 0.15) is 0 Å². The molecule has 1 heterocycles. The van der Waals surface area contributed by atoms with Crippen molar-refractivity contribution in [3.8, 4) is 0 Å². The van der Waals surface area contributed by atoms with Gasteiger partial charge in [0.05, 0.1) is 18.1 Å². The Kier molecular flexibility index (Phi) is 5.98. The molecule has 1 aliphatic carbocycles. The lowest BCUT2D eigenvalue weighted by Crippen LogP contribution is -2.44. The Morgan fingerprint density at radius 2 is 1.80 bits per heavy atom. The summed E-state index contributed by atoms with van der Waals surface area (Å²) in [6, 6.07) is 16.9. The molecule has 1 aliphatic heterocycles. The normalized spacial score (nSPS) is 22.2. The summed E-state index contributed by atoms with van der Waals surface area (Å²) in [5.41, 5.74) is 5.07. The molecule has 4 rings (SSSR count). The Hall–Kier alpha value is -2.18. The van der Waals surface area contributed by atoms with E-state index in [1.807, 2.05) is 0 Å². The van der Waals surface area contributed by atoms with Gasteiger partial charge < -0.3 is 4.90 Å². The van der Waals surface area contributed by atoms with E-state index in [0.29, 0.717) is 19.5 Å². The van der Waals surface area contributed by atoms with Gasteiger partial charge in [0.15, 0.2) is 9.84 Å². The first-order chi connectivity index (χ1) is 14.3. The van der Waals surface area contributed by atoms with Crippen LogP contribution in [0.15, 0.2) is 48.5 Å². The second-order valence-corrected chi connectivity index (χ2v) is 10.9. The highest BCUT2D eigenvalue weighted by Crippen LogP contribution is 2.36. The van der Waals surface area contributed by atoms with E-state index >= 15 is 0 Å². The summed E-state index contributed by atoms with van der Waals surface area (Å²) >= 11 is 0. The van der Waals surface area contributed by atoms with Gasteiger partial charge >= 0.3 is 0 Å². The van der Waals surface area contributed by atoms with Gasteiger partial charge in [0, 0.05) is 25.7 Å². The Bertz CT molecular complexity index is 1020. The molecule has 2 atom stereocenters. The van der Waals surface area contributed by atoms with Crippen LogP contribution in [0.3, 0.4) is 0 Å². The molecule has 0 spiro atoms. The average molecular weight is 427 g/mol. The highest BCUT2D eigenvalue weighted by atomic mass is 32.2. The van der Waals surface area contributed by atoms with E-state index in [1.165, 1.54) is 22.3 Å². The zero-order valence-corrected chi connectivity index (χ0v) is 18.6. The quantitative estimate of drug-likeness (QED) is 0.712. The van der Waals surface area contributed by atoms with Gasteiger partial charge in [-0.2, -0.15) is 0 Å². The summed E-state index contributed by atoms with van der Waals surface area (Å²) in [7, 11) is -1.27. The Morgan fingerprint density at radius 1 is 1.07 bits per heavy atom. The number of likely N-dealkylation sites (N-methyl/N-ethyl adjacent to an activating group) is 1. The first-order valence-corrected chi connectivity index (χ1v) is 12.5. The van der Waals surface area contributed by atoms with Gasteiger partial charge in [0.25, 0.3) is 0 Å². The smallest absolute Gasteiger partial charge is 0.236 e. The molecule has 30 heavy (non-hydrogen) atoms. The minimum absolute atomic E-state index is 0.00593. The fraction of sp³-hybridized carbons (Fsp3) is 0.458. The van der Waals surface area contributed by atoms with Crippen LogP contribution in [0, 0.1) is 6.92 Å². The van der Waals surface area contributed by atoms with Crippen LogP contribution in [0.5, 0.6) is 0 Å². The molecule has 6 heteroatoms. The number of nitrogens with zero attached hydrogens (tertiary/aromatic N) is 2. The summed E-state index contributed by atoms with van der Waals surface area (Å²) in [5, 5.41) is 0. The monoisotopic (exact) mass is 426 g/mol. The number of carbonyl (C=O) groups is 1. The van der Waals surface area contributed by atoms with Crippen molar-refractivity contribution in [2.75, 3.05) is 25.1 Å². The molecular weight excluding hydrogens is 396 g/mol.